The molecule has 2 N–H and O–H groups in total. The van der Waals surface area contributed by atoms with Crippen LogP contribution in [-0.4, -0.2) is 15.7 Å². The van der Waals surface area contributed by atoms with E-state index in [0.717, 1.165) is 0 Å². The summed E-state index contributed by atoms with van der Waals surface area (Å²) >= 11 is 5.76. The summed E-state index contributed by atoms with van der Waals surface area (Å²) in [6.45, 7) is 1.34. The van der Waals surface area contributed by atoms with Gasteiger partial charge >= 0.3 is 0 Å². The van der Waals surface area contributed by atoms with Crippen LogP contribution in [0.2, 0.25) is 5.02 Å². The number of aromatic nitrogens is 2. The summed E-state index contributed by atoms with van der Waals surface area (Å²) in [5, 5.41) is 13.4. The van der Waals surface area contributed by atoms with Crippen LogP contribution in [0.1, 0.15) is 6.92 Å². The van der Waals surface area contributed by atoms with E-state index >= 15 is 0 Å². The quantitative estimate of drug-likeness (QED) is 0.852. The Morgan fingerprint density at radius 1 is 1.30 bits per heavy atom. The van der Waals surface area contributed by atoms with Gasteiger partial charge in [-0.05, 0) is 24.3 Å². The third-order valence-electron chi connectivity index (χ3n) is 2.43. The average molecular weight is 294 g/mol. The van der Waals surface area contributed by atoms with Crippen molar-refractivity contribution >= 4 is 34.7 Å². The fourth-order valence-electron chi connectivity index (χ4n) is 1.55. The van der Waals surface area contributed by atoms with Gasteiger partial charge in [0.05, 0.1) is 5.69 Å². The normalized spacial score (nSPS) is 10.9. The molecule has 1 heterocycles. The van der Waals surface area contributed by atoms with Crippen molar-refractivity contribution < 1.29 is 4.79 Å². The van der Waals surface area contributed by atoms with Gasteiger partial charge in [-0.3, -0.25) is 19.4 Å². The molecule has 0 saturated heterocycles. The van der Waals surface area contributed by atoms with Crippen LogP contribution in [0.3, 0.4) is 0 Å². The second kappa shape index (κ2) is 5.70. The molecule has 1 amide bonds. The van der Waals surface area contributed by atoms with Crippen molar-refractivity contribution in [3.63, 3.8) is 0 Å². The van der Waals surface area contributed by atoms with Crippen LogP contribution in [0.5, 0.6) is 0 Å². The van der Waals surface area contributed by atoms with Crippen LogP contribution in [0.15, 0.2) is 39.3 Å². The smallest absolute Gasteiger partial charge is 0.294 e. The zero-order valence-electron chi connectivity index (χ0n) is 10.8. The Balaban J connectivity index is 2.35. The zero-order valence-corrected chi connectivity index (χ0v) is 11.6. The molecule has 0 aliphatic rings. The molecule has 0 saturated carbocycles. The molecule has 0 aliphatic heterocycles. The molecule has 0 spiro atoms. The second-order valence-corrected chi connectivity index (χ2v) is 4.49. The number of aryl methyl sites for hydroxylation is 1. The molecule has 7 nitrogen and oxygen atoms in total. The summed E-state index contributed by atoms with van der Waals surface area (Å²) < 4.78 is 1.37. The molecular formula is C12H12ClN5O2. The molecule has 0 radical (unpaired) electrons. The van der Waals surface area contributed by atoms with Crippen LogP contribution in [0, 0.1) is 0 Å². The Bertz CT molecular complexity index is 714. The predicted octanol–water partition coefficient (Wildman–Crippen LogP) is 2.74. The predicted molar refractivity (Wildman–Crippen MR) is 76.0 cm³/mol. The number of amides is 1. The van der Waals surface area contributed by atoms with Gasteiger partial charge in [0.2, 0.25) is 5.91 Å². The molecule has 0 bridgehead atoms. The Hall–Kier alpha value is -2.41. The number of hydrogen-bond donors (Lipinski definition) is 2. The highest BCUT2D eigenvalue weighted by Crippen LogP contribution is 2.23. The van der Waals surface area contributed by atoms with Gasteiger partial charge in [-0.2, -0.15) is 5.11 Å². The Morgan fingerprint density at radius 3 is 2.55 bits per heavy atom. The van der Waals surface area contributed by atoms with Gasteiger partial charge in [-0.15, -0.1) is 5.11 Å². The summed E-state index contributed by atoms with van der Waals surface area (Å²) in [5.74, 6) is -0.0391. The monoisotopic (exact) mass is 293 g/mol. The van der Waals surface area contributed by atoms with Crippen LogP contribution in [0.4, 0.5) is 17.2 Å². The number of aromatic amines is 1. The van der Waals surface area contributed by atoms with Gasteiger partial charge in [0, 0.05) is 19.0 Å². The number of anilines is 1. The number of benzene rings is 1. The highest BCUT2D eigenvalue weighted by atomic mass is 35.5. The fourth-order valence-corrected chi connectivity index (χ4v) is 1.67. The molecular weight excluding hydrogens is 282 g/mol. The van der Waals surface area contributed by atoms with E-state index < -0.39 is 5.56 Å². The van der Waals surface area contributed by atoms with Crippen molar-refractivity contribution in [2.24, 2.45) is 17.3 Å². The minimum atomic E-state index is -0.436. The lowest BCUT2D eigenvalue weighted by Crippen LogP contribution is -2.09. The second-order valence-electron chi connectivity index (χ2n) is 4.05. The summed E-state index contributed by atoms with van der Waals surface area (Å²) in [4.78, 5) is 22.8. The number of hydrogen-bond acceptors (Lipinski definition) is 4. The van der Waals surface area contributed by atoms with Crippen molar-refractivity contribution in [1.29, 1.82) is 0 Å². The topological polar surface area (TPSA) is 91.6 Å². The van der Waals surface area contributed by atoms with Crippen LogP contribution < -0.4 is 10.9 Å². The zero-order chi connectivity index (χ0) is 14.7. The number of H-pyrrole nitrogens is 1. The molecule has 0 unspecified atom stereocenters. The molecule has 8 heteroatoms. The third-order valence-corrected chi connectivity index (χ3v) is 2.68. The minimum absolute atomic E-state index is 0.0395. The van der Waals surface area contributed by atoms with Crippen molar-refractivity contribution in [1.82, 2.24) is 9.78 Å². The van der Waals surface area contributed by atoms with Gasteiger partial charge in [-0.25, -0.2) is 0 Å². The van der Waals surface area contributed by atoms with Crippen molar-refractivity contribution in [3.8, 4) is 0 Å². The molecule has 0 fully saturated rings. The van der Waals surface area contributed by atoms with Gasteiger partial charge in [0.25, 0.3) is 5.56 Å². The van der Waals surface area contributed by atoms with E-state index in [0.29, 0.717) is 10.7 Å². The number of carbonyl (C=O) groups is 1. The molecule has 20 heavy (non-hydrogen) atoms. The molecule has 1 aromatic heterocycles. The van der Waals surface area contributed by atoms with E-state index in [9.17, 15) is 9.59 Å². The maximum atomic E-state index is 11.7. The van der Waals surface area contributed by atoms with Crippen LogP contribution in [0.25, 0.3) is 0 Å². The number of rotatable bonds is 3. The van der Waals surface area contributed by atoms with E-state index in [1.807, 2.05) is 0 Å². The van der Waals surface area contributed by atoms with E-state index in [1.165, 1.54) is 11.6 Å². The lowest BCUT2D eigenvalue weighted by molar-refractivity contribution is -0.114. The van der Waals surface area contributed by atoms with E-state index in [4.69, 9.17) is 11.6 Å². The van der Waals surface area contributed by atoms with Gasteiger partial charge < -0.3 is 5.32 Å². The summed E-state index contributed by atoms with van der Waals surface area (Å²) in [6, 6.07) is 6.67. The largest absolute Gasteiger partial charge is 0.309 e. The van der Waals surface area contributed by atoms with E-state index in [-0.39, 0.29) is 17.4 Å². The Labute approximate surface area is 119 Å². The molecule has 0 atom stereocenters. The summed E-state index contributed by atoms with van der Waals surface area (Å²) in [7, 11) is 1.59. The average Bonchev–Trinajstić information content (AvgIpc) is 2.63. The molecule has 1 aromatic carbocycles. The summed E-state index contributed by atoms with van der Waals surface area (Å²) in [5.41, 5.74) is 0.151. The number of azo groups is 1. The standard InChI is InChI=1S/C12H12ClN5O2/c1-7(19)14-11-10(12(20)17-18(11)2)16-15-9-5-3-8(13)4-6-9/h3-6H,1-2H3,(H,14,19)(H,17,20). The van der Waals surface area contributed by atoms with Crippen molar-refractivity contribution in [2.75, 3.05) is 5.32 Å². The molecule has 104 valence electrons. The number of halogens is 1. The number of carbonyl (C=O) groups excluding carboxylic acids is 1. The number of nitrogens with one attached hydrogen (secondary N) is 2. The summed E-state index contributed by atoms with van der Waals surface area (Å²) in [6.07, 6.45) is 0. The van der Waals surface area contributed by atoms with Crippen LogP contribution >= 0.6 is 11.6 Å². The first kappa shape index (κ1) is 14.0. The SMILES string of the molecule is CC(=O)Nc1c(N=Nc2ccc(Cl)cc2)c(=O)[nH]n1C. The minimum Gasteiger partial charge on any atom is -0.309 e. The Morgan fingerprint density at radius 2 is 1.95 bits per heavy atom. The first-order valence-corrected chi connectivity index (χ1v) is 6.09. The lowest BCUT2D eigenvalue weighted by Gasteiger charge is -2.02. The first-order valence-electron chi connectivity index (χ1n) is 5.71. The van der Waals surface area contributed by atoms with E-state index in [1.54, 1.807) is 31.3 Å². The fraction of sp³-hybridized carbons (Fsp3) is 0.167. The lowest BCUT2D eigenvalue weighted by atomic mass is 10.3. The number of nitrogens with zero attached hydrogens (tertiary/aromatic N) is 3. The van der Waals surface area contributed by atoms with Gasteiger partial charge in [0.15, 0.2) is 11.5 Å². The maximum Gasteiger partial charge on any atom is 0.294 e. The third kappa shape index (κ3) is 3.12. The van der Waals surface area contributed by atoms with Crippen LogP contribution in [-0.2, 0) is 11.8 Å². The van der Waals surface area contributed by atoms with Crippen molar-refractivity contribution in [2.45, 2.75) is 6.92 Å². The van der Waals surface area contributed by atoms with E-state index in [2.05, 4.69) is 20.6 Å². The van der Waals surface area contributed by atoms with Gasteiger partial charge in [0.1, 0.15) is 0 Å². The molecule has 2 rings (SSSR count). The maximum absolute atomic E-state index is 11.7. The Kier molecular flexibility index (Phi) is 3.99. The van der Waals surface area contributed by atoms with Crippen molar-refractivity contribution in [3.05, 3.63) is 39.6 Å². The highest BCUT2D eigenvalue weighted by molar-refractivity contribution is 6.30. The highest BCUT2D eigenvalue weighted by Gasteiger charge is 2.13. The molecule has 2 aromatic rings. The van der Waals surface area contributed by atoms with Gasteiger partial charge in [-0.1, -0.05) is 11.6 Å². The first-order chi connectivity index (χ1) is 9.47. The molecule has 0 aliphatic carbocycles.